The maximum atomic E-state index is 13.2. The number of nitrogens with zero attached hydrogens (tertiary/aromatic N) is 2. The molecular formula is C24H29FN3O4+. The van der Waals surface area contributed by atoms with Crippen molar-refractivity contribution < 1.29 is 28.4 Å². The lowest BCUT2D eigenvalue weighted by Gasteiger charge is -2.35. The second-order valence-electron chi connectivity index (χ2n) is 8.20. The molecule has 0 radical (unpaired) electrons. The molecule has 8 heteroatoms. The number of amides is 2. The number of imide groups is 1. The van der Waals surface area contributed by atoms with E-state index in [-0.39, 0.29) is 30.1 Å². The van der Waals surface area contributed by atoms with E-state index in [0.29, 0.717) is 24.5 Å². The van der Waals surface area contributed by atoms with Crippen molar-refractivity contribution in [3.05, 3.63) is 53.8 Å². The van der Waals surface area contributed by atoms with Crippen LogP contribution in [-0.4, -0.2) is 69.7 Å². The molecule has 0 saturated carbocycles. The van der Waals surface area contributed by atoms with Gasteiger partial charge in [0.25, 0.3) is 5.91 Å². The van der Waals surface area contributed by atoms with Gasteiger partial charge in [0.2, 0.25) is 5.91 Å². The van der Waals surface area contributed by atoms with Crippen LogP contribution in [-0.2, 0) is 16.0 Å². The minimum atomic E-state index is -0.316. The van der Waals surface area contributed by atoms with Crippen LogP contribution in [0.25, 0.3) is 0 Å². The molecule has 2 heterocycles. The molecule has 0 unspecified atom stereocenters. The van der Waals surface area contributed by atoms with Gasteiger partial charge in [0.1, 0.15) is 5.82 Å². The predicted octanol–water partition coefficient (Wildman–Crippen LogP) is 0.918. The molecule has 7 nitrogen and oxygen atoms in total. The summed E-state index contributed by atoms with van der Waals surface area (Å²) < 4.78 is 23.8. The lowest BCUT2D eigenvalue weighted by atomic mass is 10.1. The zero-order valence-electron chi connectivity index (χ0n) is 18.5. The van der Waals surface area contributed by atoms with Gasteiger partial charge in [-0.3, -0.25) is 14.5 Å². The predicted molar refractivity (Wildman–Crippen MR) is 118 cm³/mol. The minimum Gasteiger partial charge on any atom is -0.493 e. The van der Waals surface area contributed by atoms with Gasteiger partial charge < -0.3 is 19.3 Å². The Kier molecular flexibility index (Phi) is 6.60. The summed E-state index contributed by atoms with van der Waals surface area (Å²) >= 11 is 0. The number of methoxy groups -OCH3 is 2. The zero-order chi connectivity index (χ0) is 22.7. The third-order valence-corrected chi connectivity index (χ3v) is 6.41. The van der Waals surface area contributed by atoms with Crippen LogP contribution in [0.2, 0.25) is 0 Å². The van der Waals surface area contributed by atoms with Crippen molar-refractivity contribution in [2.45, 2.75) is 18.9 Å². The fraction of sp³-hybridized carbons (Fsp3) is 0.417. The molecule has 170 valence electrons. The summed E-state index contributed by atoms with van der Waals surface area (Å²) in [4.78, 5) is 30.4. The number of quaternary nitrogens is 1. The summed E-state index contributed by atoms with van der Waals surface area (Å²) in [5.74, 6) is 0.842. The molecule has 32 heavy (non-hydrogen) atoms. The quantitative estimate of drug-likeness (QED) is 0.647. The first-order chi connectivity index (χ1) is 15.5. The molecule has 2 amide bonds. The number of nitrogens with one attached hydrogen (secondary N) is 1. The first kappa shape index (κ1) is 22.1. The molecule has 4 rings (SSSR count). The Morgan fingerprint density at radius 1 is 1.00 bits per heavy atom. The van der Waals surface area contributed by atoms with Crippen molar-refractivity contribution >= 4 is 17.5 Å². The third-order valence-electron chi connectivity index (χ3n) is 6.41. The molecule has 0 spiro atoms. The summed E-state index contributed by atoms with van der Waals surface area (Å²) in [5.41, 5.74) is 1.96. The van der Waals surface area contributed by atoms with Crippen molar-refractivity contribution in [2.75, 3.05) is 51.8 Å². The van der Waals surface area contributed by atoms with E-state index in [2.05, 4.69) is 4.90 Å². The van der Waals surface area contributed by atoms with Crippen LogP contribution < -0.4 is 19.3 Å². The van der Waals surface area contributed by atoms with Crippen LogP contribution in [0.1, 0.15) is 12.0 Å². The average molecular weight is 443 g/mol. The monoisotopic (exact) mass is 442 g/mol. The molecule has 2 aliphatic rings. The molecule has 2 aromatic rings. The van der Waals surface area contributed by atoms with Gasteiger partial charge in [0.05, 0.1) is 46.8 Å². The third kappa shape index (κ3) is 4.55. The molecule has 2 aliphatic heterocycles. The van der Waals surface area contributed by atoms with Gasteiger partial charge in [-0.2, -0.15) is 0 Å². The second kappa shape index (κ2) is 9.56. The van der Waals surface area contributed by atoms with E-state index in [0.717, 1.165) is 42.3 Å². The van der Waals surface area contributed by atoms with Gasteiger partial charge in [-0.05, 0) is 48.4 Å². The fourth-order valence-corrected chi connectivity index (χ4v) is 4.57. The number of carbonyl (C=O) groups is 2. The van der Waals surface area contributed by atoms with Crippen molar-refractivity contribution in [3.8, 4) is 11.5 Å². The Morgan fingerprint density at radius 3 is 2.34 bits per heavy atom. The molecule has 1 atom stereocenters. The highest BCUT2D eigenvalue weighted by Crippen LogP contribution is 2.28. The van der Waals surface area contributed by atoms with E-state index in [1.807, 2.05) is 18.2 Å². The van der Waals surface area contributed by atoms with Crippen LogP contribution >= 0.6 is 0 Å². The van der Waals surface area contributed by atoms with Crippen LogP contribution in [0.5, 0.6) is 11.5 Å². The molecule has 2 saturated heterocycles. The van der Waals surface area contributed by atoms with Crippen molar-refractivity contribution in [2.24, 2.45) is 0 Å². The fourth-order valence-electron chi connectivity index (χ4n) is 4.57. The van der Waals surface area contributed by atoms with E-state index in [1.54, 1.807) is 26.4 Å². The summed E-state index contributed by atoms with van der Waals surface area (Å²) in [6.07, 6.45) is 0.828. The standard InChI is InChI=1S/C24H28FN3O4/c1-31-21-8-3-17(15-22(21)32-2)9-10-28-23(29)16-20(24(28)30)27-13-11-26(12-14-27)19-6-4-18(25)5-7-19/h3-8,15,20H,9-14,16H2,1-2H3/p+1/t20-/m1/s1. The van der Waals surface area contributed by atoms with E-state index >= 15 is 0 Å². The minimum absolute atomic E-state index is 0.0827. The first-order valence-electron chi connectivity index (χ1n) is 10.9. The second-order valence-corrected chi connectivity index (χ2v) is 8.20. The number of piperazine rings is 1. The first-order valence-corrected chi connectivity index (χ1v) is 10.9. The topological polar surface area (TPSA) is 63.5 Å². The van der Waals surface area contributed by atoms with Gasteiger partial charge in [-0.15, -0.1) is 0 Å². The number of likely N-dealkylation sites (tertiary alicyclic amines) is 1. The zero-order valence-corrected chi connectivity index (χ0v) is 18.5. The van der Waals surface area contributed by atoms with Crippen LogP contribution in [0.4, 0.5) is 10.1 Å². The molecule has 1 N–H and O–H groups in total. The van der Waals surface area contributed by atoms with Crippen molar-refractivity contribution in [1.29, 1.82) is 0 Å². The van der Waals surface area contributed by atoms with Gasteiger partial charge >= 0.3 is 0 Å². The number of halogens is 1. The average Bonchev–Trinajstić information content (AvgIpc) is 3.11. The van der Waals surface area contributed by atoms with E-state index < -0.39 is 0 Å². The van der Waals surface area contributed by atoms with Crippen molar-refractivity contribution in [1.82, 2.24) is 4.90 Å². The SMILES string of the molecule is COc1ccc(CCN2C(=O)C[C@@H]([NH+]3CCN(c4ccc(F)cc4)CC3)C2=O)cc1OC. The van der Waals surface area contributed by atoms with Crippen LogP contribution in [0.3, 0.4) is 0 Å². The number of benzene rings is 2. The number of hydrogen-bond acceptors (Lipinski definition) is 5. The summed E-state index contributed by atoms with van der Waals surface area (Å²) in [6.45, 7) is 3.43. The number of hydrogen-bond donors (Lipinski definition) is 1. The smallest absolute Gasteiger partial charge is 0.288 e. The summed E-state index contributed by atoms with van der Waals surface area (Å²) in [7, 11) is 3.17. The lowest BCUT2D eigenvalue weighted by Crippen LogP contribution is -3.19. The van der Waals surface area contributed by atoms with E-state index in [1.165, 1.54) is 17.0 Å². The molecule has 2 fully saturated rings. The maximum Gasteiger partial charge on any atom is 0.288 e. The lowest BCUT2D eigenvalue weighted by molar-refractivity contribution is -0.915. The summed E-state index contributed by atoms with van der Waals surface area (Å²) in [6, 6.07) is 11.8. The molecular weight excluding hydrogens is 413 g/mol. The number of carbonyl (C=O) groups excluding carboxylic acids is 2. The van der Waals surface area contributed by atoms with E-state index in [9.17, 15) is 14.0 Å². The Labute approximate surface area is 187 Å². The van der Waals surface area contributed by atoms with E-state index in [4.69, 9.17) is 9.47 Å². The molecule has 0 aromatic heterocycles. The highest BCUT2D eigenvalue weighted by atomic mass is 19.1. The van der Waals surface area contributed by atoms with Gasteiger partial charge in [-0.1, -0.05) is 6.07 Å². The highest BCUT2D eigenvalue weighted by molar-refractivity contribution is 6.04. The Hall–Kier alpha value is -3.13. The Bertz CT molecular complexity index is 974. The highest BCUT2D eigenvalue weighted by Gasteiger charge is 2.45. The van der Waals surface area contributed by atoms with Crippen LogP contribution in [0.15, 0.2) is 42.5 Å². The Morgan fingerprint density at radius 2 is 1.69 bits per heavy atom. The van der Waals surface area contributed by atoms with Crippen LogP contribution in [0, 0.1) is 5.82 Å². The number of rotatable bonds is 7. The molecule has 0 aliphatic carbocycles. The largest absolute Gasteiger partial charge is 0.493 e. The normalized spacial score (nSPS) is 19.5. The van der Waals surface area contributed by atoms with Crippen molar-refractivity contribution in [3.63, 3.8) is 0 Å². The Balaban J connectivity index is 1.33. The molecule has 2 aromatic carbocycles. The maximum absolute atomic E-state index is 13.2. The number of anilines is 1. The van der Waals surface area contributed by atoms with Gasteiger partial charge in [-0.25, -0.2) is 4.39 Å². The summed E-state index contributed by atoms with van der Waals surface area (Å²) in [5, 5.41) is 0. The van der Waals surface area contributed by atoms with Gasteiger partial charge in [0, 0.05) is 12.2 Å². The van der Waals surface area contributed by atoms with Gasteiger partial charge in [0.15, 0.2) is 17.5 Å². The number of ether oxygens (including phenoxy) is 2. The molecule has 0 bridgehead atoms.